The van der Waals surface area contributed by atoms with Gasteiger partial charge in [-0.3, -0.25) is 9.69 Å². The molecule has 1 aromatic heterocycles. The zero-order valence-corrected chi connectivity index (χ0v) is 27.5. The number of ether oxygens (including phenoxy) is 1. The second-order valence-electron chi connectivity index (χ2n) is 12.4. The van der Waals surface area contributed by atoms with E-state index < -0.39 is 17.8 Å². The van der Waals surface area contributed by atoms with Crippen LogP contribution in [-0.4, -0.2) is 119 Å². The van der Waals surface area contributed by atoms with Gasteiger partial charge in [-0.25, -0.2) is 19.6 Å². The molecule has 0 radical (unpaired) electrons. The molecular weight excluding hydrogens is 604 g/mol. The van der Waals surface area contributed by atoms with Crippen LogP contribution in [0.25, 0.3) is 0 Å². The number of carboxylic acids is 2. The normalized spacial score (nSPS) is 18.5. The third-order valence-electron chi connectivity index (χ3n) is 8.65. The van der Waals surface area contributed by atoms with Gasteiger partial charge in [0.2, 0.25) is 0 Å². The number of carbonyl (C=O) groups excluding carboxylic acids is 1. The first-order valence-electron chi connectivity index (χ1n) is 16.2. The Morgan fingerprint density at radius 3 is 2.02 bits per heavy atom. The fraction of sp³-hybridized carbons (Fsp3) is 0.545. The molecule has 14 heteroatoms. The molecule has 3 aliphatic heterocycles. The van der Waals surface area contributed by atoms with Gasteiger partial charge in [-0.05, 0) is 62.9 Å². The number of piperidine rings is 1. The zero-order valence-electron chi connectivity index (χ0n) is 27.5. The number of nitrogens with one attached hydrogen (secondary N) is 2. The van der Waals surface area contributed by atoms with E-state index in [4.69, 9.17) is 25.7 Å². The van der Waals surface area contributed by atoms with Crippen LogP contribution in [0.5, 0.6) is 0 Å². The highest BCUT2D eigenvalue weighted by molar-refractivity contribution is 5.96. The first-order chi connectivity index (χ1) is 22.5. The number of piperazine rings is 1. The second-order valence-corrected chi connectivity index (χ2v) is 12.4. The summed E-state index contributed by atoms with van der Waals surface area (Å²) >= 11 is 0. The van der Waals surface area contributed by atoms with Crippen LogP contribution < -0.4 is 21.3 Å². The summed E-state index contributed by atoms with van der Waals surface area (Å²) in [7, 11) is 2.21. The number of aromatic nitrogens is 2. The summed E-state index contributed by atoms with van der Waals surface area (Å²) in [6, 6.07) is 9.31. The Hall–Kier alpha value is -4.27. The molecule has 0 saturated carbocycles. The SMILES string of the molecule is CC(C)c1nc(C(N)=O)c(Nc2ccc(N3CCC(N4CCN(C)CC4)CC3)cc2)nc1NC1CCOCC1.O=C(O)/C=C/C(=O)O. The summed E-state index contributed by atoms with van der Waals surface area (Å²) in [5.41, 5.74) is 8.70. The molecule has 0 bridgehead atoms. The Kier molecular flexibility index (Phi) is 12.9. The number of carbonyl (C=O) groups is 3. The van der Waals surface area contributed by atoms with E-state index in [2.05, 4.69) is 49.5 Å². The minimum Gasteiger partial charge on any atom is -0.478 e. The molecule has 14 nitrogen and oxygen atoms in total. The summed E-state index contributed by atoms with van der Waals surface area (Å²) in [5.74, 6) is -1.94. The van der Waals surface area contributed by atoms with Gasteiger partial charge in [0.25, 0.3) is 5.91 Å². The van der Waals surface area contributed by atoms with Gasteiger partial charge in [-0.1, -0.05) is 13.8 Å². The lowest BCUT2D eigenvalue weighted by atomic mass is 10.0. The Morgan fingerprint density at radius 2 is 1.49 bits per heavy atom. The molecule has 6 N–H and O–H groups in total. The number of hydrogen-bond donors (Lipinski definition) is 5. The summed E-state index contributed by atoms with van der Waals surface area (Å²) in [6.07, 6.45) is 5.34. The minimum atomic E-state index is -1.26. The summed E-state index contributed by atoms with van der Waals surface area (Å²) in [5, 5.41) is 22.5. The van der Waals surface area contributed by atoms with Crippen molar-refractivity contribution in [3.8, 4) is 0 Å². The first-order valence-corrected chi connectivity index (χ1v) is 16.2. The molecule has 0 atom stereocenters. The van der Waals surface area contributed by atoms with Crippen molar-refractivity contribution in [1.82, 2.24) is 19.8 Å². The maximum atomic E-state index is 12.3. The average Bonchev–Trinajstić information content (AvgIpc) is 3.05. The molecule has 256 valence electrons. The molecule has 1 amide bonds. The molecule has 3 aliphatic rings. The van der Waals surface area contributed by atoms with Crippen LogP contribution in [0.4, 0.5) is 23.0 Å². The number of likely N-dealkylation sites (N-methyl/N-ethyl adjacent to an activating group) is 1. The van der Waals surface area contributed by atoms with E-state index in [1.165, 1.54) is 44.7 Å². The maximum absolute atomic E-state index is 12.3. The van der Waals surface area contributed by atoms with Gasteiger partial charge in [0.15, 0.2) is 17.3 Å². The fourth-order valence-corrected chi connectivity index (χ4v) is 5.96. The molecule has 0 aliphatic carbocycles. The van der Waals surface area contributed by atoms with Gasteiger partial charge in [0, 0.05) is 88.1 Å². The molecule has 3 saturated heterocycles. The van der Waals surface area contributed by atoms with Crippen molar-refractivity contribution in [1.29, 1.82) is 0 Å². The topological polar surface area (TPSA) is 186 Å². The van der Waals surface area contributed by atoms with Gasteiger partial charge in [0.05, 0.1) is 5.69 Å². The Morgan fingerprint density at radius 1 is 0.894 bits per heavy atom. The molecule has 47 heavy (non-hydrogen) atoms. The van der Waals surface area contributed by atoms with Gasteiger partial charge < -0.3 is 41.1 Å². The van der Waals surface area contributed by atoms with Crippen LogP contribution in [0.15, 0.2) is 36.4 Å². The predicted molar refractivity (Wildman–Crippen MR) is 181 cm³/mol. The van der Waals surface area contributed by atoms with E-state index in [1.54, 1.807) is 0 Å². The lowest BCUT2D eigenvalue weighted by molar-refractivity contribution is -0.134. The van der Waals surface area contributed by atoms with Crippen LogP contribution >= 0.6 is 0 Å². The van der Waals surface area contributed by atoms with Crippen molar-refractivity contribution in [2.24, 2.45) is 5.73 Å². The van der Waals surface area contributed by atoms with Crippen molar-refractivity contribution in [2.75, 3.05) is 75.1 Å². The quantitative estimate of drug-likeness (QED) is 0.236. The maximum Gasteiger partial charge on any atom is 0.328 e. The number of nitrogens with zero attached hydrogens (tertiary/aromatic N) is 5. The Labute approximate surface area is 276 Å². The molecule has 5 rings (SSSR count). The average molecular weight is 653 g/mol. The third-order valence-corrected chi connectivity index (χ3v) is 8.65. The lowest BCUT2D eigenvalue weighted by Gasteiger charge is -2.42. The number of aliphatic carboxylic acids is 2. The third kappa shape index (κ3) is 10.6. The minimum absolute atomic E-state index is 0.0895. The van der Waals surface area contributed by atoms with Gasteiger partial charge in [-0.15, -0.1) is 0 Å². The zero-order chi connectivity index (χ0) is 33.9. The van der Waals surface area contributed by atoms with E-state index in [1.807, 2.05) is 26.0 Å². The summed E-state index contributed by atoms with van der Waals surface area (Å²) < 4.78 is 5.50. The number of benzene rings is 1. The van der Waals surface area contributed by atoms with E-state index >= 15 is 0 Å². The van der Waals surface area contributed by atoms with Gasteiger partial charge in [0.1, 0.15) is 0 Å². The number of hydrogen-bond acceptors (Lipinski definition) is 11. The summed E-state index contributed by atoms with van der Waals surface area (Å²) in [6.45, 7) is 12.4. The largest absolute Gasteiger partial charge is 0.478 e. The molecule has 3 fully saturated rings. The number of nitrogens with two attached hydrogens (primary N) is 1. The van der Waals surface area contributed by atoms with Crippen LogP contribution in [0.3, 0.4) is 0 Å². The van der Waals surface area contributed by atoms with Crippen LogP contribution in [0, 0.1) is 0 Å². The van der Waals surface area contributed by atoms with E-state index in [0.29, 0.717) is 29.8 Å². The van der Waals surface area contributed by atoms with Crippen molar-refractivity contribution < 1.29 is 29.3 Å². The number of carboxylic acid groups (broad SMARTS) is 2. The van der Waals surface area contributed by atoms with Crippen LogP contribution in [0.2, 0.25) is 0 Å². The monoisotopic (exact) mass is 652 g/mol. The van der Waals surface area contributed by atoms with Gasteiger partial charge >= 0.3 is 11.9 Å². The summed E-state index contributed by atoms with van der Waals surface area (Å²) in [4.78, 5) is 48.5. The van der Waals surface area contributed by atoms with Crippen molar-refractivity contribution in [3.63, 3.8) is 0 Å². The van der Waals surface area contributed by atoms with Crippen LogP contribution in [-0.2, 0) is 14.3 Å². The van der Waals surface area contributed by atoms with E-state index in [-0.39, 0.29) is 17.7 Å². The molecule has 0 spiro atoms. The number of rotatable bonds is 10. The smallest absolute Gasteiger partial charge is 0.328 e. The van der Waals surface area contributed by atoms with E-state index in [0.717, 1.165) is 50.5 Å². The van der Waals surface area contributed by atoms with Crippen LogP contribution in [0.1, 0.15) is 61.6 Å². The highest BCUT2D eigenvalue weighted by Crippen LogP contribution is 2.29. The lowest BCUT2D eigenvalue weighted by Crippen LogP contribution is -2.52. The van der Waals surface area contributed by atoms with Crippen molar-refractivity contribution in [3.05, 3.63) is 47.8 Å². The predicted octanol–water partition coefficient (Wildman–Crippen LogP) is 2.96. The highest BCUT2D eigenvalue weighted by atomic mass is 16.5. The molecule has 1 aromatic carbocycles. The van der Waals surface area contributed by atoms with E-state index in [9.17, 15) is 14.4 Å². The van der Waals surface area contributed by atoms with Crippen molar-refractivity contribution in [2.45, 2.75) is 57.5 Å². The fourth-order valence-electron chi connectivity index (χ4n) is 5.96. The molecular formula is C33H48N8O6. The first kappa shape index (κ1) is 35.6. The Balaban J connectivity index is 0.000000555. The van der Waals surface area contributed by atoms with Gasteiger partial charge in [-0.2, -0.15) is 0 Å². The highest BCUT2D eigenvalue weighted by Gasteiger charge is 2.27. The van der Waals surface area contributed by atoms with Crippen molar-refractivity contribution >= 4 is 40.9 Å². The Bertz CT molecular complexity index is 1360. The molecule has 0 unspecified atom stereocenters. The number of amides is 1. The number of primary amides is 1. The molecule has 2 aromatic rings. The standard InChI is InChI=1S/C29H44N8O2.C4H4O4/c1-20(2)25-28(32-22-10-18-39-19-11-22)34-29(26(33-25)27(30)38)31-21-4-6-23(7-5-21)36-12-8-24(9-13-36)37-16-14-35(3)15-17-37;5-3(6)1-2-4(7)8/h4-7,20,22,24H,8-19H2,1-3H3,(H2,30,38)(H2,31,32,34);1-2H,(H,5,6)(H,7,8)/b;2-1+. The second kappa shape index (κ2) is 17.0. The number of anilines is 4. The molecule has 4 heterocycles.